The molecular weight excluding hydrogens is 188 g/mol. The van der Waals surface area contributed by atoms with E-state index in [1.165, 1.54) is 6.26 Å². The van der Waals surface area contributed by atoms with E-state index in [0.717, 1.165) is 17.7 Å². The maximum Gasteiger partial charge on any atom is 0.105 e. The van der Waals surface area contributed by atoms with Crippen LogP contribution in [0.15, 0.2) is 6.20 Å². The van der Waals surface area contributed by atoms with Crippen LogP contribution in [-0.2, 0) is 22.9 Å². The molecule has 0 amide bonds. The fourth-order valence-corrected chi connectivity index (χ4v) is 2.32. The third kappa shape index (κ3) is 1.59. The predicted molar refractivity (Wildman–Crippen MR) is 49.5 cm³/mol. The lowest BCUT2D eigenvalue weighted by Crippen LogP contribution is -2.34. The van der Waals surface area contributed by atoms with Gasteiger partial charge in [0.1, 0.15) is 9.92 Å². The molecule has 1 unspecified atom stereocenters. The number of nitrogens with zero attached hydrogens (tertiary/aromatic N) is 2. The van der Waals surface area contributed by atoms with Crippen molar-refractivity contribution in [3.8, 4) is 0 Å². The molecule has 0 saturated carbocycles. The van der Waals surface area contributed by atoms with Crippen molar-refractivity contribution in [2.45, 2.75) is 13.0 Å². The van der Waals surface area contributed by atoms with E-state index in [9.17, 15) is 4.21 Å². The van der Waals surface area contributed by atoms with Gasteiger partial charge in [0.2, 0.25) is 0 Å². The van der Waals surface area contributed by atoms with Crippen molar-refractivity contribution < 1.29 is 4.21 Å². The Bertz CT molecular complexity index is 408. The van der Waals surface area contributed by atoms with Crippen molar-refractivity contribution in [2.24, 2.45) is 0 Å². The van der Waals surface area contributed by atoms with Crippen LogP contribution in [-0.4, -0.2) is 31.5 Å². The van der Waals surface area contributed by atoms with Crippen LogP contribution in [0, 0.1) is 4.78 Å². The topological polar surface area (TPSA) is 72.8 Å². The molecular formula is C7H12N4OS. The third-order valence-electron chi connectivity index (χ3n) is 2.26. The first-order valence-electron chi connectivity index (χ1n) is 4.07. The second-order valence-electron chi connectivity index (χ2n) is 3.29. The summed E-state index contributed by atoms with van der Waals surface area (Å²) >= 11 is 0. The molecule has 13 heavy (non-hydrogen) atoms. The van der Waals surface area contributed by atoms with Gasteiger partial charge < -0.3 is 0 Å². The van der Waals surface area contributed by atoms with Crippen LogP contribution in [0.2, 0.25) is 0 Å². The summed E-state index contributed by atoms with van der Waals surface area (Å²) in [6.07, 6.45) is 4.00. The summed E-state index contributed by atoms with van der Waals surface area (Å²) < 4.78 is 20.6. The highest BCUT2D eigenvalue weighted by Crippen LogP contribution is 2.17. The molecule has 5 nitrogen and oxygen atoms in total. The SMILES string of the molecule is CS(=N)(=O)N1CCc2[nH]ncc2C1. The van der Waals surface area contributed by atoms with E-state index in [0.29, 0.717) is 13.1 Å². The van der Waals surface area contributed by atoms with E-state index in [-0.39, 0.29) is 0 Å². The van der Waals surface area contributed by atoms with Crippen LogP contribution < -0.4 is 0 Å². The molecule has 1 aliphatic heterocycles. The summed E-state index contributed by atoms with van der Waals surface area (Å²) in [5.74, 6) is 0. The van der Waals surface area contributed by atoms with Crippen molar-refractivity contribution in [1.29, 1.82) is 4.78 Å². The van der Waals surface area contributed by atoms with E-state index in [2.05, 4.69) is 10.2 Å². The fraction of sp³-hybridized carbons (Fsp3) is 0.571. The predicted octanol–water partition coefficient (Wildman–Crippen LogP) is 0.359. The zero-order valence-corrected chi connectivity index (χ0v) is 8.23. The number of fused-ring (bicyclic) bond motifs is 1. The van der Waals surface area contributed by atoms with Crippen molar-refractivity contribution in [3.05, 3.63) is 17.5 Å². The minimum atomic E-state index is -2.55. The summed E-state index contributed by atoms with van der Waals surface area (Å²) in [5, 5.41) is 6.81. The Kier molecular flexibility index (Phi) is 1.88. The Morgan fingerprint density at radius 3 is 3.23 bits per heavy atom. The van der Waals surface area contributed by atoms with E-state index < -0.39 is 9.92 Å². The molecule has 6 heteroatoms. The summed E-state index contributed by atoms with van der Waals surface area (Å²) in [6.45, 7) is 1.25. The number of hydrogen-bond donors (Lipinski definition) is 2. The zero-order chi connectivity index (χ0) is 9.47. The summed E-state index contributed by atoms with van der Waals surface area (Å²) in [6, 6.07) is 0. The van der Waals surface area contributed by atoms with Crippen LogP contribution in [0.25, 0.3) is 0 Å². The van der Waals surface area contributed by atoms with Gasteiger partial charge in [-0.2, -0.15) is 5.10 Å². The zero-order valence-electron chi connectivity index (χ0n) is 7.41. The first-order valence-corrected chi connectivity index (χ1v) is 5.99. The number of rotatable bonds is 1. The van der Waals surface area contributed by atoms with Crippen molar-refractivity contribution in [3.63, 3.8) is 0 Å². The standard InChI is InChI=1S/C7H12N4OS/c1-13(8,12)11-3-2-7-6(5-11)4-9-10-7/h4,8H,2-3,5H2,1H3,(H,9,10). The molecule has 0 fully saturated rings. The minimum absolute atomic E-state index is 0.574. The van der Waals surface area contributed by atoms with Gasteiger partial charge in [-0.25, -0.2) is 13.3 Å². The second-order valence-corrected chi connectivity index (χ2v) is 5.41. The van der Waals surface area contributed by atoms with E-state index in [1.807, 2.05) is 0 Å². The number of aromatic amines is 1. The number of H-pyrrole nitrogens is 1. The number of hydrogen-bond acceptors (Lipinski definition) is 3. The van der Waals surface area contributed by atoms with Gasteiger partial charge in [0, 0.05) is 37.0 Å². The first-order chi connectivity index (χ1) is 6.07. The van der Waals surface area contributed by atoms with Crippen molar-refractivity contribution >= 4 is 9.92 Å². The van der Waals surface area contributed by atoms with Crippen molar-refractivity contribution in [2.75, 3.05) is 12.8 Å². The fourth-order valence-electron chi connectivity index (χ4n) is 1.49. The molecule has 72 valence electrons. The highest BCUT2D eigenvalue weighted by molar-refractivity contribution is 7.89. The molecule has 2 heterocycles. The monoisotopic (exact) mass is 200 g/mol. The van der Waals surface area contributed by atoms with Crippen molar-refractivity contribution in [1.82, 2.24) is 14.5 Å². The maximum absolute atomic E-state index is 11.4. The maximum atomic E-state index is 11.4. The number of nitrogens with one attached hydrogen (secondary N) is 2. The van der Waals surface area contributed by atoms with Crippen LogP contribution >= 0.6 is 0 Å². The Morgan fingerprint density at radius 2 is 2.54 bits per heavy atom. The van der Waals surface area contributed by atoms with Gasteiger partial charge in [-0.3, -0.25) is 5.10 Å². The molecule has 0 bridgehead atoms. The average molecular weight is 200 g/mol. The van der Waals surface area contributed by atoms with Crippen LogP contribution in [0.5, 0.6) is 0 Å². The lowest BCUT2D eigenvalue weighted by Gasteiger charge is -2.25. The Morgan fingerprint density at radius 1 is 1.77 bits per heavy atom. The minimum Gasteiger partial charge on any atom is -0.282 e. The normalized spacial score (nSPS) is 22.2. The second kappa shape index (κ2) is 2.81. The molecule has 0 aliphatic carbocycles. The molecule has 1 aromatic rings. The van der Waals surface area contributed by atoms with Crippen LogP contribution in [0.1, 0.15) is 11.3 Å². The lowest BCUT2D eigenvalue weighted by atomic mass is 10.1. The third-order valence-corrected chi connectivity index (χ3v) is 3.56. The smallest absolute Gasteiger partial charge is 0.105 e. The molecule has 0 aromatic carbocycles. The van der Waals surface area contributed by atoms with E-state index in [4.69, 9.17) is 4.78 Å². The van der Waals surface area contributed by atoms with Gasteiger partial charge in [-0.15, -0.1) is 0 Å². The molecule has 1 aromatic heterocycles. The molecule has 1 aliphatic rings. The lowest BCUT2D eigenvalue weighted by molar-refractivity contribution is 0.415. The quantitative estimate of drug-likeness (QED) is 0.687. The van der Waals surface area contributed by atoms with Crippen LogP contribution in [0.4, 0.5) is 0 Å². The van der Waals surface area contributed by atoms with Gasteiger partial charge in [-0.05, 0) is 0 Å². The van der Waals surface area contributed by atoms with Gasteiger partial charge in [0.15, 0.2) is 0 Å². The molecule has 0 saturated heterocycles. The van der Waals surface area contributed by atoms with E-state index in [1.54, 1.807) is 10.5 Å². The van der Waals surface area contributed by atoms with Gasteiger partial charge in [0.05, 0.1) is 6.20 Å². The Labute approximate surface area is 77.2 Å². The first kappa shape index (κ1) is 8.71. The van der Waals surface area contributed by atoms with Gasteiger partial charge in [0.25, 0.3) is 0 Å². The van der Waals surface area contributed by atoms with E-state index >= 15 is 0 Å². The molecule has 0 radical (unpaired) electrons. The highest BCUT2D eigenvalue weighted by atomic mass is 32.2. The highest BCUT2D eigenvalue weighted by Gasteiger charge is 2.21. The Balaban J connectivity index is 2.27. The van der Waals surface area contributed by atoms with Gasteiger partial charge >= 0.3 is 0 Å². The van der Waals surface area contributed by atoms with Gasteiger partial charge in [-0.1, -0.05) is 0 Å². The molecule has 2 rings (SSSR count). The Hall–Kier alpha value is -0.880. The summed E-state index contributed by atoms with van der Waals surface area (Å²) in [4.78, 5) is 0. The summed E-state index contributed by atoms with van der Waals surface area (Å²) in [5.41, 5.74) is 2.17. The summed E-state index contributed by atoms with van der Waals surface area (Å²) in [7, 11) is -2.55. The average Bonchev–Trinajstić information content (AvgIpc) is 2.47. The molecule has 0 spiro atoms. The van der Waals surface area contributed by atoms with Crippen LogP contribution in [0.3, 0.4) is 0 Å². The largest absolute Gasteiger partial charge is 0.282 e. The number of aromatic nitrogens is 2. The molecule has 1 atom stereocenters. The molecule has 2 N–H and O–H groups in total.